The van der Waals surface area contributed by atoms with Crippen molar-refractivity contribution >= 4 is 29.1 Å². The highest BCUT2D eigenvalue weighted by atomic mass is 19.1. The van der Waals surface area contributed by atoms with E-state index in [1.807, 2.05) is 24.5 Å². The van der Waals surface area contributed by atoms with Gasteiger partial charge >= 0.3 is 0 Å². The van der Waals surface area contributed by atoms with E-state index in [2.05, 4.69) is 37.5 Å². The number of carbonyl (C=O) groups is 2. The van der Waals surface area contributed by atoms with Crippen LogP contribution in [0, 0.1) is 0 Å². The molecule has 1 unspecified atom stereocenters. The van der Waals surface area contributed by atoms with Gasteiger partial charge in [0.05, 0.1) is 6.20 Å². The summed E-state index contributed by atoms with van der Waals surface area (Å²) in [6.07, 6.45) is 6.16. The van der Waals surface area contributed by atoms with E-state index >= 15 is 0 Å². The summed E-state index contributed by atoms with van der Waals surface area (Å²) in [5.41, 5.74) is 3.52. The van der Waals surface area contributed by atoms with Gasteiger partial charge in [0.1, 0.15) is 0 Å². The van der Waals surface area contributed by atoms with E-state index in [1.54, 1.807) is 39.9 Å². The van der Waals surface area contributed by atoms with Crippen molar-refractivity contribution < 1.29 is 14.0 Å². The van der Waals surface area contributed by atoms with Crippen LogP contribution in [0.5, 0.6) is 0 Å². The SMILES string of the molecule is C=C(F)C(=O)Nc1ccc(C(=O)N2CCC(Nc3nc4cc(-c5cn[nH]c5)ccn4n3)C2)cc1. The number of H-pyrrole nitrogens is 1. The van der Waals surface area contributed by atoms with Crippen LogP contribution in [0.2, 0.25) is 0 Å². The van der Waals surface area contributed by atoms with E-state index in [9.17, 15) is 14.0 Å². The molecule has 0 bridgehead atoms. The molecule has 0 saturated carbocycles. The lowest BCUT2D eigenvalue weighted by Crippen LogP contribution is -2.31. The molecule has 4 aromatic rings. The zero-order valence-electron chi connectivity index (χ0n) is 18.0. The number of aromatic amines is 1. The quantitative estimate of drug-likeness (QED) is 0.381. The van der Waals surface area contributed by atoms with Crippen molar-refractivity contribution in [3.05, 3.63) is 73.0 Å². The van der Waals surface area contributed by atoms with E-state index < -0.39 is 11.7 Å². The number of likely N-dealkylation sites (tertiary alicyclic amines) is 1. The smallest absolute Gasteiger partial charge is 0.283 e. The Morgan fingerprint density at radius 3 is 2.74 bits per heavy atom. The first kappa shape index (κ1) is 21.3. The van der Waals surface area contributed by atoms with Crippen LogP contribution in [-0.4, -0.2) is 60.6 Å². The molecule has 4 heterocycles. The molecule has 3 aromatic heterocycles. The van der Waals surface area contributed by atoms with Gasteiger partial charge in [-0.1, -0.05) is 6.58 Å². The first-order valence-electron chi connectivity index (χ1n) is 10.6. The summed E-state index contributed by atoms with van der Waals surface area (Å²) in [6, 6.07) is 10.2. The van der Waals surface area contributed by atoms with Crippen LogP contribution in [0.15, 0.2) is 67.4 Å². The van der Waals surface area contributed by atoms with Gasteiger partial charge in [-0.05, 0) is 48.4 Å². The molecule has 10 nitrogen and oxygen atoms in total. The highest BCUT2D eigenvalue weighted by molar-refractivity contribution is 6.02. The molecule has 1 fully saturated rings. The number of nitrogens with zero attached hydrogens (tertiary/aromatic N) is 5. The number of amides is 2. The third-order valence-corrected chi connectivity index (χ3v) is 5.61. The van der Waals surface area contributed by atoms with Crippen molar-refractivity contribution in [3.8, 4) is 11.1 Å². The second-order valence-electron chi connectivity index (χ2n) is 7.96. The van der Waals surface area contributed by atoms with E-state index in [1.165, 1.54) is 0 Å². The van der Waals surface area contributed by atoms with Crippen molar-refractivity contribution in [3.63, 3.8) is 0 Å². The van der Waals surface area contributed by atoms with Crippen molar-refractivity contribution in [2.24, 2.45) is 0 Å². The molecule has 11 heteroatoms. The Bertz CT molecular complexity index is 1360. The molecule has 1 aliphatic heterocycles. The van der Waals surface area contributed by atoms with Crippen LogP contribution in [0.3, 0.4) is 0 Å². The number of hydrogen-bond donors (Lipinski definition) is 3. The number of nitrogens with one attached hydrogen (secondary N) is 3. The number of hydrogen-bond acceptors (Lipinski definition) is 6. The fourth-order valence-corrected chi connectivity index (χ4v) is 3.85. The normalized spacial score (nSPS) is 15.4. The predicted octanol–water partition coefficient (Wildman–Crippen LogP) is 2.87. The number of fused-ring (bicyclic) bond motifs is 1. The van der Waals surface area contributed by atoms with Crippen LogP contribution in [0.4, 0.5) is 16.0 Å². The minimum atomic E-state index is -1.07. The van der Waals surface area contributed by atoms with E-state index in [4.69, 9.17) is 0 Å². The summed E-state index contributed by atoms with van der Waals surface area (Å²) < 4.78 is 14.5. The van der Waals surface area contributed by atoms with Gasteiger partial charge in [-0.2, -0.15) is 10.1 Å². The number of halogens is 1. The number of carbonyl (C=O) groups excluding carboxylic acids is 2. The zero-order valence-corrected chi connectivity index (χ0v) is 18.0. The molecule has 0 radical (unpaired) electrons. The average molecular weight is 460 g/mol. The third-order valence-electron chi connectivity index (χ3n) is 5.61. The fourth-order valence-electron chi connectivity index (χ4n) is 3.85. The summed E-state index contributed by atoms with van der Waals surface area (Å²) in [4.78, 5) is 30.6. The molecular weight excluding hydrogens is 439 g/mol. The van der Waals surface area contributed by atoms with Crippen LogP contribution in [-0.2, 0) is 4.79 Å². The summed E-state index contributed by atoms with van der Waals surface area (Å²) in [5, 5.41) is 16.9. The van der Waals surface area contributed by atoms with Crippen molar-refractivity contribution in [1.82, 2.24) is 29.7 Å². The lowest BCUT2D eigenvalue weighted by molar-refractivity contribution is -0.114. The Kier molecular flexibility index (Phi) is 5.50. The van der Waals surface area contributed by atoms with Gasteiger partial charge in [0, 0.05) is 48.3 Å². The molecule has 34 heavy (non-hydrogen) atoms. The molecule has 0 aliphatic carbocycles. The average Bonchev–Trinajstić information content (AvgIpc) is 3.59. The molecule has 1 aromatic carbocycles. The molecule has 2 amide bonds. The largest absolute Gasteiger partial charge is 0.348 e. The van der Waals surface area contributed by atoms with Gasteiger partial charge in [-0.15, -0.1) is 5.10 Å². The lowest BCUT2D eigenvalue weighted by Gasteiger charge is -2.17. The van der Waals surface area contributed by atoms with Crippen molar-refractivity contribution in [2.45, 2.75) is 12.5 Å². The molecule has 172 valence electrons. The fraction of sp³-hybridized carbons (Fsp3) is 0.174. The van der Waals surface area contributed by atoms with Gasteiger partial charge in [0.2, 0.25) is 5.95 Å². The zero-order chi connectivity index (χ0) is 23.7. The Balaban J connectivity index is 1.21. The summed E-state index contributed by atoms with van der Waals surface area (Å²) in [6.45, 7) is 4.05. The minimum Gasteiger partial charge on any atom is -0.348 e. The maximum Gasteiger partial charge on any atom is 0.283 e. The van der Waals surface area contributed by atoms with Crippen LogP contribution < -0.4 is 10.6 Å². The number of aromatic nitrogens is 5. The Hall–Kier alpha value is -4.54. The van der Waals surface area contributed by atoms with Crippen LogP contribution in [0.25, 0.3) is 16.8 Å². The van der Waals surface area contributed by atoms with Gasteiger partial charge in [-0.25, -0.2) is 8.91 Å². The highest BCUT2D eigenvalue weighted by Crippen LogP contribution is 2.21. The van der Waals surface area contributed by atoms with Gasteiger partial charge in [-0.3, -0.25) is 14.7 Å². The molecule has 0 spiro atoms. The van der Waals surface area contributed by atoms with E-state index in [-0.39, 0.29) is 11.9 Å². The van der Waals surface area contributed by atoms with E-state index in [0.29, 0.717) is 35.9 Å². The van der Waals surface area contributed by atoms with Gasteiger partial charge in [0.25, 0.3) is 11.8 Å². The molecule has 1 saturated heterocycles. The highest BCUT2D eigenvalue weighted by Gasteiger charge is 2.27. The number of benzene rings is 1. The first-order valence-corrected chi connectivity index (χ1v) is 10.6. The Labute approximate surface area is 193 Å². The van der Waals surface area contributed by atoms with Crippen molar-refractivity contribution in [2.75, 3.05) is 23.7 Å². The van der Waals surface area contributed by atoms with Gasteiger partial charge < -0.3 is 15.5 Å². The van der Waals surface area contributed by atoms with Gasteiger partial charge in [0.15, 0.2) is 11.5 Å². The second-order valence-corrected chi connectivity index (χ2v) is 7.96. The standard InChI is InChI=1S/C23H21FN8O2/c1-14(24)21(33)27-18-4-2-15(3-5-18)22(34)31-8-7-19(13-31)28-23-29-20-10-16(6-9-32(20)30-23)17-11-25-26-12-17/h2-6,9-12,19H,1,7-8,13H2,(H,25,26)(H,27,33)(H,28,30). The molecule has 1 atom stereocenters. The monoisotopic (exact) mass is 460 g/mol. The topological polar surface area (TPSA) is 120 Å². The van der Waals surface area contributed by atoms with Crippen LogP contribution in [0.1, 0.15) is 16.8 Å². The van der Waals surface area contributed by atoms with E-state index in [0.717, 1.165) is 17.5 Å². The first-order chi connectivity index (χ1) is 16.5. The summed E-state index contributed by atoms with van der Waals surface area (Å²) in [5.74, 6) is -1.61. The number of pyridine rings is 1. The van der Waals surface area contributed by atoms with Crippen LogP contribution >= 0.6 is 0 Å². The molecule has 1 aliphatic rings. The maximum absolute atomic E-state index is 12.9. The molecule has 3 N–H and O–H groups in total. The molecule has 5 rings (SSSR count). The van der Waals surface area contributed by atoms with Crippen molar-refractivity contribution in [1.29, 1.82) is 0 Å². The summed E-state index contributed by atoms with van der Waals surface area (Å²) in [7, 11) is 0. The Morgan fingerprint density at radius 1 is 1.18 bits per heavy atom. The Morgan fingerprint density at radius 2 is 2.00 bits per heavy atom. The third kappa shape index (κ3) is 4.35. The maximum atomic E-state index is 12.9. The second kappa shape index (κ2) is 8.77. The lowest BCUT2D eigenvalue weighted by atomic mass is 10.1. The predicted molar refractivity (Wildman–Crippen MR) is 124 cm³/mol. The summed E-state index contributed by atoms with van der Waals surface area (Å²) >= 11 is 0. The molecular formula is C23H21FN8O2. The number of anilines is 2. The number of rotatable bonds is 6. The minimum absolute atomic E-state index is 0.0174.